The zero-order valence-corrected chi connectivity index (χ0v) is 11.9. The third-order valence-corrected chi connectivity index (χ3v) is 3.39. The van der Waals surface area contributed by atoms with Crippen molar-refractivity contribution in [1.82, 2.24) is 10.2 Å². The first-order valence-electron chi connectivity index (χ1n) is 7.08. The Kier molecular flexibility index (Phi) is 8.53. The van der Waals surface area contributed by atoms with Gasteiger partial charge in [0, 0.05) is 32.8 Å². The van der Waals surface area contributed by atoms with Crippen LogP contribution in [0.2, 0.25) is 0 Å². The van der Waals surface area contributed by atoms with E-state index in [1.54, 1.807) is 12.0 Å². The van der Waals surface area contributed by atoms with Crippen molar-refractivity contribution in [3.05, 3.63) is 0 Å². The minimum absolute atomic E-state index is 0.299. The quantitative estimate of drug-likeness (QED) is 0.602. The van der Waals surface area contributed by atoms with Gasteiger partial charge in [0.2, 0.25) is 0 Å². The molecule has 112 valence electrons. The second kappa shape index (κ2) is 10.00. The Balaban J connectivity index is 1.89. The zero-order chi connectivity index (χ0) is 13.9. The number of hydrogen-bond acceptors (Lipinski definition) is 4. The SMILES string of the molecule is COCCOCCCCNC1CCN(C(N)=O)CC1. The molecule has 1 rings (SSSR count). The van der Waals surface area contributed by atoms with Crippen LogP contribution in [0, 0.1) is 0 Å². The molecule has 1 fully saturated rings. The average molecular weight is 273 g/mol. The van der Waals surface area contributed by atoms with E-state index in [1.807, 2.05) is 0 Å². The highest BCUT2D eigenvalue weighted by molar-refractivity contribution is 5.72. The van der Waals surface area contributed by atoms with Gasteiger partial charge in [0.1, 0.15) is 0 Å². The minimum atomic E-state index is -0.299. The van der Waals surface area contributed by atoms with Crippen LogP contribution in [0.4, 0.5) is 4.79 Å². The lowest BCUT2D eigenvalue weighted by molar-refractivity contribution is 0.0687. The lowest BCUT2D eigenvalue weighted by Crippen LogP contribution is -2.46. The molecule has 0 aromatic carbocycles. The van der Waals surface area contributed by atoms with Gasteiger partial charge in [-0.15, -0.1) is 0 Å². The van der Waals surface area contributed by atoms with Crippen LogP contribution in [0.5, 0.6) is 0 Å². The lowest BCUT2D eigenvalue weighted by Gasteiger charge is -2.31. The van der Waals surface area contributed by atoms with E-state index in [9.17, 15) is 4.79 Å². The van der Waals surface area contributed by atoms with Gasteiger partial charge in [0.05, 0.1) is 13.2 Å². The van der Waals surface area contributed by atoms with Crippen molar-refractivity contribution in [3.8, 4) is 0 Å². The van der Waals surface area contributed by atoms with Crippen molar-refractivity contribution in [3.63, 3.8) is 0 Å². The Bertz CT molecular complexity index is 243. The maximum Gasteiger partial charge on any atom is 0.314 e. The number of carbonyl (C=O) groups excluding carboxylic acids is 1. The molecule has 0 aromatic heterocycles. The minimum Gasteiger partial charge on any atom is -0.382 e. The first-order valence-corrected chi connectivity index (χ1v) is 7.08. The number of ether oxygens (including phenoxy) is 2. The van der Waals surface area contributed by atoms with E-state index in [1.165, 1.54) is 0 Å². The molecule has 6 nitrogen and oxygen atoms in total. The summed E-state index contributed by atoms with van der Waals surface area (Å²) in [5.41, 5.74) is 5.25. The molecule has 0 unspecified atom stereocenters. The van der Waals surface area contributed by atoms with Gasteiger partial charge in [-0.2, -0.15) is 0 Å². The summed E-state index contributed by atoms with van der Waals surface area (Å²) >= 11 is 0. The van der Waals surface area contributed by atoms with E-state index in [0.29, 0.717) is 19.3 Å². The number of piperidine rings is 1. The van der Waals surface area contributed by atoms with Crippen molar-refractivity contribution >= 4 is 6.03 Å². The summed E-state index contributed by atoms with van der Waals surface area (Å²) in [6, 6.07) is 0.219. The number of carbonyl (C=O) groups is 1. The molecule has 3 N–H and O–H groups in total. The van der Waals surface area contributed by atoms with Gasteiger partial charge < -0.3 is 25.4 Å². The van der Waals surface area contributed by atoms with Crippen molar-refractivity contribution in [2.75, 3.05) is 46.6 Å². The van der Waals surface area contributed by atoms with Gasteiger partial charge in [0.15, 0.2) is 0 Å². The van der Waals surface area contributed by atoms with Gasteiger partial charge in [-0.05, 0) is 32.2 Å². The summed E-state index contributed by atoms with van der Waals surface area (Å²) < 4.78 is 10.3. The molecule has 0 saturated carbocycles. The van der Waals surface area contributed by atoms with Gasteiger partial charge >= 0.3 is 6.03 Å². The predicted octanol–water partition coefficient (Wildman–Crippen LogP) is 0.562. The standard InChI is InChI=1S/C13H27N3O3/c1-18-10-11-19-9-3-2-6-15-12-4-7-16(8-5-12)13(14)17/h12,15H,2-11H2,1H3,(H2,14,17). The number of rotatable bonds is 9. The van der Waals surface area contributed by atoms with E-state index in [4.69, 9.17) is 15.2 Å². The Morgan fingerprint density at radius 3 is 2.63 bits per heavy atom. The smallest absolute Gasteiger partial charge is 0.314 e. The largest absolute Gasteiger partial charge is 0.382 e. The fourth-order valence-corrected chi connectivity index (χ4v) is 2.18. The van der Waals surface area contributed by atoms with E-state index in [-0.39, 0.29) is 6.03 Å². The number of amides is 2. The molecule has 0 aromatic rings. The highest BCUT2D eigenvalue weighted by atomic mass is 16.5. The lowest BCUT2D eigenvalue weighted by atomic mass is 10.1. The molecule has 2 amide bonds. The number of unbranched alkanes of at least 4 members (excludes halogenated alkanes) is 1. The summed E-state index contributed by atoms with van der Waals surface area (Å²) in [6.07, 6.45) is 4.17. The van der Waals surface area contributed by atoms with Gasteiger partial charge in [0.25, 0.3) is 0 Å². The fraction of sp³-hybridized carbons (Fsp3) is 0.923. The molecule has 0 spiro atoms. The Hall–Kier alpha value is -0.850. The number of nitrogens with one attached hydrogen (secondary N) is 1. The van der Waals surface area contributed by atoms with Crippen LogP contribution in [-0.2, 0) is 9.47 Å². The van der Waals surface area contributed by atoms with Gasteiger partial charge in [-0.3, -0.25) is 0 Å². The maximum absolute atomic E-state index is 11.0. The van der Waals surface area contributed by atoms with E-state index in [2.05, 4.69) is 5.32 Å². The molecule has 1 aliphatic heterocycles. The van der Waals surface area contributed by atoms with Gasteiger partial charge in [-0.25, -0.2) is 4.79 Å². The number of methoxy groups -OCH3 is 1. The van der Waals surface area contributed by atoms with Crippen molar-refractivity contribution < 1.29 is 14.3 Å². The Morgan fingerprint density at radius 2 is 2.00 bits per heavy atom. The van der Waals surface area contributed by atoms with Crippen LogP contribution in [0.25, 0.3) is 0 Å². The third-order valence-electron chi connectivity index (χ3n) is 3.39. The monoisotopic (exact) mass is 273 g/mol. The molecule has 6 heteroatoms. The molecule has 0 radical (unpaired) electrons. The topological polar surface area (TPSA) is 76.8 Å². The number of likely N-dealkylation sites (tertiary alicyclic amines) is 1. The van der Waals surface area contributed by atoms with E-state index < -0.39 is 0 Å². The summed E-state index contributed by atoms with van der Waals surface area (Å²) in [4.78, 5) is 12.7. The van der Waals surface area contributed by atoms with Crippen LogP contribution in [0.3, 0.4) is 0 Å². The van der Waals surface area contributed by atoms with Gasteiger partial charge in [-0.1, -0.05) is 0 Å². The van der Waals surface area contributed by atoms with Crippen LogP contribution in [-0.4, -0.2) is 63.5 Å². The molecule has 1 saturated heterocycles. The van der Waals surface area contributed by atoms with Crippen LogP contribution in [0.1, 0.15) is 25.7 Å². The fourth-order valence-electron chi connectivity index (χ4n) is 2.18. The third kappa shape index (κ3) is 7.34. The average Bonchev–Trinajstić information content (AvgIpc) is 2.42. The summed E-state index contributed by atoms with van der Waals surface area (Å²) in [5.74, 6) is 0. The van der Waals surface area contributed by atoms with Crippen LogP contribution < -0.4 is 11.1 Å². The summed E-state index contributed by atoms with van der Waals surface area (Å²) in [6.45, 7) is 4.69. The molecular weight excluding hydrogens is 246 g/mol. The maximum atomic E-state index is 11.0. The highest BCUT2D eigenvalue weighted by Gasteiger charge is 2.20. The molecule has 0 aliphatic carbocycles. The molecule has 0 bridgehead atoms. The van der Waals surface area contributed by atoms with Crippen molar-refractivity contribution in [2.24, 2.45) is 5.73 Å². The zero-order valence-electron chi connectivity index (χ0n) is 11.9. The first kappa shape index (κ1) is 16.2. The normalized spacial score (nSPS) is 16.8. The molecule has 1 heterocycles. The number of nitrogens with zero attached hydrogens (tertiary/aromatic N) is 1. The number of nitrogens with two attached hydrogens (primary N) is 1. The second-order valence-corrected chi connectivity index (χ2v) is 4.87. The summed E-state index contributed by atoms with van der Waals surface area (Å²) in [7, 11) is 1.68. The summed E-state index contributed by atoms with van der Waals surface area (Å²) in [5, 5.41) is 3.52. The Labute approximate surface area is 115 Å². The highest BCUT2D eigenvalue weighted by Crippen LogP contribution is 2.09. The molecular formula is C13H27N3O3. The number of hydrogen-bond donors (Lipinski definition) is 2. The second-order valence-electron chi connectivity index (χ2n) is 4.87. The molecule has 0 atom stereocenters. The first-order chi connectivity index (χ1) is 9.24. The van der Waals surface area contributed by atoms with Crippen LogP contribution in [0.15, 0.2) is 0 Å². The molecule has 1 aliphatic rings. The van der Waals surface area contributed by atoms with Crippen LogP contribution >= 0.6 is 0 Å². The predicted molar refractivity (Wildman–Crippen MR) is 74.1 cm³/mol. The van der Waals surface area contributed by atoms with Crippen molar-refractivity contribution in [2.45, 2.75) is 31.7 Å². The number of urea groups is 1. The van der Waals surface area contributed by atoms with E-state index in [0.717, 1.165) is 51.9 Å². The Morgan fingerprint density at radius 1 is 1.26 bits per heavy atom. The number of primary amides is 1. The van der Waals surface area contributed by atoms with E-state index >= 15 is 0 Å². The molecule has 19 heavy (non-hydrogen) atoms. The van der Waals surface area contributed by atoms with Crippen molar-refractivity contribution in [1.29, 1.82) is 0 Å².